The molecule has 1 aromatic rings. The summed E-state index contributed by atoms with van der Waals surface area (Å²) in [7, 11) is 0. The highest BCUT2D eigenvalue weighted by atomic mass is 16.6. The highest BCUT2D eigenvalue weighted by molar-refractivity contribution is 5.93. The lowest BCUT2D eigenvalue weighted by Crippen LogP contribution is -2.46. The molecule has 2 rings (SSSR count). The molecule has 0 bridgehead atoms. The number of aromatic carboxylic acids is 1. The number of carbonyl (C=O) groups is 1. The number of nitro groups is 1. The van der Waals surface area contributed by atoms with Crippen LogP contribution in [0.15, 0.2) is 12.3 Å². The van der Waals surface area contributed by atoms with Gasteiger partial charge in [0.15, 0.2) is 0 Å². The average Bonchev–Trinajstić information content (AvgIpc) is 2.47. The van der Waals surface area contributed by atoms with Crippen molar-refractivity contribution >= 4 is 17.5 Å². The van der Waals surface area contributed by atoms with Gasteiger partial charge in [-0.2, -0.15) is 0 Å². The number of aromatic nitrogens is 1. The summed E-state index contributed by atoms with van der Waals surface area (Å²) >= 11 is 0. The van der Waals surface area contributed by atoms with Gasteiger partial charge >= 0.3 is 11.7 Å². The van der Waals surface area contributed by atoms with E-state index in [1.807, 2.05) is 4.90 Å². The van der Waals surface area contributed by atoms with Crippen molar-refractivity contribution < 1.29 is 14.8 Å². The summed E-state index contributed by atoms with van der Waals surface area (Å²) in [5.41, 5.74) is -0.795. The SMILES string of the molecule is CCCN1CCN(c2cc(C(=O)O)c([N+](=O)[O-])cn2)CC1. The second-order valence-corrected chi connectivity index (χ2v) is 4.95. The number of carboxylic acid groups (broad SMARTS) is 1. The average molecular weight is 294 g/mol. The van der Waals surface area contributed by atoms with Gasteiger partial charge in [-0.25, -0.2) is 9.78 Å². The van der Waals surface area contributed by atoms with Gasteiger partial charge in [-0.3, -0.25) is 15.0 Å². The first kappa shape index (κ1) is 15.2. The highest BCUT2D eigenvalue weighted by Gasteiger charge is 2.24. The molecule has 1 aliphatic rings. The molecule has 1 N–H and O–H groups in total. The Morgan fingerprint density at radius 3 is 2.62 bits per heavy atom. The lowest BCUT2D eigenvalue weighted by Gasteiger charge is -2.35. The fourth-order valence-corrected chi connectivity index (χ4v) is 2.44. The summed E-state index contributed by atoms with van der Waals surface area (Å²) < 4.78 is 0. The van der Waals surface area contributed by atoms with Crippen LogP contribution in [0.3, 0.4) is 0 Å². The van der Waals surface area contributed by atoms with Crippen molar-refractivity contribution in [3.05, 3.63) is 27.9 Å². The molecule has 0 aromatic carbocycles. The Bertz CT molecular complexity index is 541. The molecule has 21 heavy (non-hydrogen) atoms. The zero-order valence-electron chi connectivity index (χ0n) is 11.9. The van der Waals surface area contributed by atoms with Crippen LogP contribution in [0.5, 0.6) is 0 Å². The minimum absolute atomic E-state index is 0.319. The minimum atomic E-state index is -1.31. The maximum Gasteiger partial charge on any atom is 0.342 e. The van der Waals surface area contributed by atoms with Crippen LogP contribution < -0.4 is 4.90 Å². The van der Waals surface area contributed by atoms with Gasteiger partial charge in [0.25, 0.3) is 0 Å². The van der Waals surface area contributed by atoms with E-state index in [2.05, 4.69) is 16.8 Å². The van der Waals surface area contributed by atoms with E-state index in [1.54, 1.807) is 0 Å². The Morgan fingerprint density at radius 1 is 1.43 bits per heavy atom. The maximum absolute atomic E-state index is 11.1. The van der Waals surface area contributed by atoms with Gasteiger partial charge in [-0.1, -0.05) is 6.92 Å². The van der Waals surface area contributed by atoms with E-state index in [0.29, 0.717) is 5.82 Å². The van der Waals surface area contributed by atoms with E-state index in [1.165, 1.54) is 6.07 Å². The topological polar surface area (TPSA) is 99.8 Å². The molecule has 8 heteroatoms. The number of hydrogen-bond acceptors (Lipinski definition) is 6. The van der Waals surface area contributed by atoms with Crippen molar-refractivity contribution in [1.29, 1.82) is 0 Å². The van der Waals surface area contributed by atoms with E-state index in [4.69, 9.17) is 5.11 Å². The molecule has 0 aliphatic carbocycles. The molecule has 0 saturated carbocycles. The second kappa shape index (κ2) is 6.49. The fourth-order valence-electron chi connectivity index (χ4n) is 2.44. The zero-order chi connectivity index (χ0) is 15.4. The number of anilines is 1. The Morgan fingerprint density at radius 2 is 2.10 bits per heavy atom. The van der Waals surface area contributed by atoms with Crippen LogP contribution in [0.2, 0.25) is 0 Å². The first-order valence-electron chi connectivity index (χ1n) is 6.88. The standard InChI is InChI=1S/C13H18N4O4/c1-2-3-15-4-6-16(7-5-15)12-8-10(13(18)19)11(9-14-12)17(20)21/h8-9H,2-7H2,1H3,(H,18,19). The Kier molecular flexibility index (Phi) is 4.69. The van der Waals surface area contributed by atoms with Crippen molar-refractivity contribution in [2.75, 3.05) is 37.6 Å². The van der Waals surface area contributed by atoms with Crippen LogP contribution in [0.4, 0.5) is 11.5 Å². The normalized spacial score (nSPS) is 16.0. The molecule has 1 saturated heterocycles. The van der Waals surface area contributed by atoms with E-state index >= 15 is 0 Å². The molecule has 0 unspecified atom stereocenters. The first-order valence-corrected chi connectivity index (χ1v) is 6.88. The molecule has 0 spiro atoms. The van der Waals surface area contributed by atoms with Gasteiger partial charge in [-0.15, -0.1) is 0 Å². The van der Waals surface area contributed by atoms with Gasteiger partial charge in [-0.05, 0) is 13.0 Å². The van der Waals surface area contributed by atoms with Crippen LogP contribution in [0, 0.1) is 10.1 Å². The van der Waals surface area contributed by atoms with Crippen molar-refractivity contribution in [2.24, 2.45) is 0 Å². The van der Waals surface area contributed by atoms with Crippen LogP contribution in [0.1, 0.15) is 23.7 Å². The summed E-state index contributed by atoms with van der Waals surface area (Å²) in [6.45, 7) is 6.42. The molecule has 2 heterocycles. The Hall–Kier alpha value is -2.22. The van der Waals surface area contributed by atoms with Crippen LogP contribution in [-0.2, 0) is 0 Å². The number of piperazine rings is 1. The predicted molar refractivity (Wildman–Crippen MR) is 76.8 cm³/mol. The quantitative estimate of drug-likeness (QED) is 0.643. The summed E-state index contributed by atoms with van der Waals surface area (Å²) in [6, 6.07) is 1.29. The predicted octanol–water partition coefficient (Wildman–Crippen LogP) is 1.22. The van der Waals surface area contributed by atoms with Crippen LogP contribution in [-0.4, -0.2) is 58.6 Å². The summed E-state index contributed by atoms with van der Waals surface area (Å²) in [5.74, 6) is -0.830. The number of rotatable bonds is 5. The van der Waals surface area contributed by atoms with Gasteiger partial charge in [0.2, 0.25) is 0 Å². The van der Waals surface area contributed by atoms with Crippen LogP contribution >= 0.6 is 0 Å². The molecular weight excluding hydrogens is 276 g/mol. The molecule has 1 aromatic heterocycles. The summed E-state index contributed by atoms with van der Waals surface area (Å²) in [6.07, 6.45) is 2.12. The Labute approximate surface area is 122 Å². The largest absolute Gasteiger partial charge is 0.477 e. The molecule has 0 radical (unpaired) electrons. The van der Waals surface area contributed by atoms with Gasteiger partial charge in [0.05, 0.1) is 4.92 Å². The molecule has 114 valence electrons. The molecular formula is C13H18N4O4. The van der Waals surface area contributed by atoms with Crippen molar-refractivity contribution in [3.63, 3.8) is 0 Å². The van der Waals surface area contributed by atoms with Gasteiger partial charge in [0.1, 0.15) is 17.6 Å². The second-order valence-electron chi connectivity index (χ2n) is 4.95. The zero-order valence-corrected chi connectivity index (χ0v) is 11.9. The third kappa shape index (κ3) is 3.46. The van der Waals surface area contributed by atoms with E-state index < -0.39 is 16.6 Å². The molecule has 0 amide bonds. The molecule has 0 atom stereocenters. The third-order valence-electron chi connectivity index (χ3n) is 3.53. The van der Waals surface area contributed by atoms with E-state index in [0.717, 1.165) is 45.3 Å². The monoisotopic (exact) mass is 294 g/mol. The summed E-state index contributed by atoms with van der Waals surface area (Å²) in [5, 5.41) is 19.9. The van der Waals surface area contributed by atoms with Crippen molar-refractivity contribution in [2.45, 2.75) is 13.3 Å². The van der Waals surface area contributed by atoms with Crippen LogP contribution in [0.25, 0.3) is 0 Å². The van der Waals surface area contributed by atoms with E-state index in [-0.39, 0.29) is 5.56 Å². The van der Waals surface area contributed by atoms with Gasteiger partial charge < -0.3 is 10.0 Å². The fraction of sp³-hybridized carbons (Fsp3) is 0.538. The third-order valence-corrected chi connectivity index (χ3v) is 3.53. The molecule has 8 nitrogen and oxygen atoms in total. The maximum atomic E-state index is 11.1. The number of hydrogen-bond donors (Lipinski definition) is 1. The van der Waals surface area contributed by atoms with Gasteiger partial charge in [0, 0.05) is 32.2 Å². The number of nitrogens with zero attached hydrogens (tertiary/aromatic N) is 4. The van der Waals surface area contributed by atoms with E-state index in [9.17, 15) is 14.9 Å². The molecule has 1 aliphatic heterocycles. The van der Waals surface area contributed by atoms with Crippen molar-refractivity contribution in [3.8, 4) is 0 Å². The molecule has 1 fully saturated rings. The smallest absolute Gasteiger partial charge is 0.342 e. The number of carboxylic acids is 1. The highest BCUT2D eigenvalue weighted by Crippen LogP contribution is 2.23. The van der Waals surface area contributed by atoms with Crippen molar-refractivity contribution in [1.82, 2.24) is 9.88 Å². The minimum Gasteiger partial charge on any atom is -0.477 e. The number of pyridine rings is 1. The first-order chi connectivity index (χ1) is 10.0. The summed E-state index contributed by atoms with van der Waals surface area (Å²) in [4.78, 5) is 29.6. The lowest BCUT2D eigenvalue weighted by molar-refractivity contribution is -0.385. The Balaban J connectivity index is 2.16. The lowest BCUT2D eigenvalue weighted by atomic mass is 10.2.